The van der Waals surface area contributed by atoms with E-state index in [0.717, 1.165) is 10.9 Å². The zero-order chi connectivity index (χ0) is 12.1. The number of rotatable bonds is 4. The molecule has 2 nitrogen and oxygen atoms in total. The van der Waals surface area contributed by atoms with Gasteiger partial charge in [0.15, 0.2) is 0 Å². The van der Waals surface area contributed by atoms with E-state index in [1.807, 2.05) is 13.0 Å². The predicted octanol–water partition coefficient (Wildman–Crippen LogP) is 2.75. The molecule has 0 spiro atoms. The van der Waals surface area contributed by atoms with Crippen LogP contribution in [0.5, 0.6) is 0 Å². The van der Waals surface area contributed by atoms with E-state index in [2.05, 4.69) is 47.2 Å². The molecule has 3 heteroatoms. The minimum atomic E-state index is 0.0789. The van der Waals surface area contributed by atoms with Gasteiger partial charge in [0.1, 0.15) is 0 Å². The lowest BCUT2D eigenvalue weighted by atomic mass is 10.0. The van der Waals surface area contributed by atoms with Gasteiger partial charge >= 0.3 is 0 Å². The van der Waals surface area contributed by atoms with Crippen LogP contribution < -0.4 is 5.32 Å². The first-order valence-corrected chi connectivity index (χ1v) is 6.56. The fraction of sp³-hybridized carbons (Fsp3) is 0.462. The highest BCUT2D eigenvalue weighted by molar-refractivity contribution is 9.09. The molecule has 88 valence electrons. The highest BCUT2D eigenvalue weighted by Crippen LogP contribution is 2.10. The van der Waals surface area contributed by atoms with E-state index in [-0.39, 0.29) is 11.9 Å². The average molecular weight is 284 g/mol. The van der Waals surface area contributed by atoms with Crippen molar-refractivity contribution in [1.82, 2.24) is 5.32 Å². The molecule has 0 aromatic heterocycles. The first-order valence-electron chi connectivity index (χ1n) is 5.44. The summed E-state index contributed by atoms with van der Waals surface area (Å²) in [5.74, 6) is 0.0789. The molecule has 1 rings (SSSR count). The van der Waals surface area contributed by atoms with E-state index in [1.54, 1.807) is 0 Å². The van der Waals surface area contributed by atoms with Crippen LogP contribution in [0.3, 0.4) is 0 Å². The maximum absolute atomic E-state index is 11.6. The molecule has 0 heterocycles. The Labute approximate surface area is 106 Å². The van der Waals surface area contributed by atoms with Gasteiger partial charge in [-0.25, -0.2) is 0 Å². The molecule has 0 aliphatic carbocycles. The summed E-state index contributed by atoms with van der Waals surface area (Å²) in [5.41, 5.74) is 3.57. The Hall–Kier alpha value is -0.830. The standard InChI is InChI=1S/C13H18BrNO/c1-9-4-5-12(6-10(9)2)7-13(16)15-11(3)8-14/h4-6,11H,7-8H2,1-3H3,(H,15,16). The third-order valence-corrected chi connectivity index (χ3v) is 3.55. The number of amides is 1. The number of benzene rings is 1. The van der Waals surface area contributed by atoms with Gasteiger partial charge in [0.05, 0.1) is 6.42 Å². The van der Waals surface area contributed by atoms with Gasteiger partial charge in [-0.15, -0.1) is 0 Å². The van der Waals surface area contributed by atoms with E-state index < -0.39 is 0 Å². The first-order chi connectivity index (χ1) is 7.52. The summed E-state index contributed by atoms with van der Waals surface area (Å²) in [6, 6.07) is 6.33. The second-order valence-electron chi connectivity index (χ2n) is 4.22. The number of carbonyl (C=O) groups excluding carboxylic acids is 1. The predicted molar refractivity (Wildman–Crippen MR) is 71.0 cm³/mol. The zero-order valence-corrected chi connectivity index (χ0v) is 11.6. The van der Waals surface area contributed by atoms with Crippen LogP contribution in [0.1, 0.15) is 23.6 Å². The number of hydrogen-bond acceptors (Lipinski definition) is 1. The number of aryl methyl sites for hydroxylation is 2. The van der Waals surface area contributed by atoms with Crippen molar-refractivity contribution in [3.05, 3.63) is 34.9 Å². The van der Waals surface area contributed by atoms with Crippen molar-refractivity contribution in [2.45, 2.75) is 33.2 Å². The van der Waals surface area contributed by atoms with E-state index in [4.69, 9.17) is 0 Å². The molecule has 1 aromatic rings. The van der Waals surface area contributed by atoms with Crippen molar-refractivity contribution < 1.29 is 4.79 Å². The van der Waals surface area contributed by atoms with E-state index >= 15 is 0 Å². The lowest BCUT2D eigenvalue weighted by Gasteiger charge is -2.11. The van der Waals surface area contributed by atoms with Crippen molar-refractivity contribution in [3.63, 3.8) is 0 Å². The van der Waals surface area contributed by atoms with Crippen LogP contribution in [-0.4, -0.2) is 17.3 Å². The largest absolute Gasteiger partial charge is 0.353 e. The third-order valence-electron chi connectivity index (χ3n) is 2.57. The van der Waals surface area contributed by atoms with Crippen molar-refractivity contribution in [3.8, 4) is 0 Å². The number of carbonyl (C=O) groups is 1. The summed E-state index contributed by atoms with van der Waals surface area (Å²) < 4.78 is 0. The summed E-state index contributed by atoms with van der Waals surface area (Å²) in [4.78, 5) is 11.6. The molecule has 0 fully saturated rings. The van der Waals surface area contributed by atoms with E-state index in [1.165, 1.54) is 11.1 Å². The summed E-state index contributed by atoms with van der Waals surface area (Å²) in [6.07, 6.45) is 0.457. The summed E-state index contributed by atoms with van der Waals surface area (Å²) in [5, 5.41) is 3.71. The van der Waals surface area contributed by atoms with E-state index in [9.17, 15) is 4.79 Å². The second-order valence-corrected chi connectivity index (χ2v) is 4.87. The van der Waals surface area contributed by atoms with Gasteiger partial charge in [-0.3, -0.25) is 4.79 Å². The molecule has 1 amide bonds. The molecule has 1 atom stereocenters. The van der Waals surface area contributed by atoms with Crippen LogP contribution in [0.4, 0.5) is 0 Å². The molecule has 0 saturated carbocycles. The first kappa shape index (κ1) is 13.2. The molecule has 1 N–H and O–H groups in total. The zero-order valence-electron chi connectivity index (χ0n) is 10.0. The molecule has 16 heavy (non-hydrogen) atoms. The smallest absolute Gasteiger partial charge is 0.224 e. The number of halogens is 1. The Kier molecular flexibility index (Phi) is 5.00. The maximum Gasteiger partial charge on any atom is 0.224 e. The lowest BCUT2D eigenvalue weighted by molar-refractivity contribution is -0.120. The van der Waals surface area contributed by atoms with Crippen LogP contribution in [0, 0.1) is 13.8 Å². The third kappa shape index (κ3) is 3.97. The van der Waals surface area contributed by atoms with Gasteiger partial charge in [-0.1, -0.05) is 34.1 Å². The molecule has 0 bridgehead atoms. The van der Waals surface area contributed by atoms with Crippen LogP contribution in [0.2, 0.25) is 0 Å². The van der Waals surface area contributed by atoms with Crippen molar-refractivity contribution in [1.29, 1.82) is 0 Å². The number of hydrogen-bond donors (Lipinski definition) is 1. The van der Waals surface area contributed by atoms with Crippen LogP contribution in [-0.2, 0) is 11.2 Å². The van der Waals surface area contributed by atoms with Crippen molar-refractivity contribution >= 4 is 21.8 Å². The monoisotopic (exact) mass is 283 g/mol. The Balaban J connectivity index is 2.59. The van der Waals surface area contributed by atoms with Gasteiger partial charge in [0.2, 0.25) is 5.91 Å². The fourth-order valence-electron chi connectivity index (χ4n) is 1.46. The topological polar surface area (TPSA) is 29.1 Å². The minimum absolute atomic E-state index is 0.0789. The Morgan fingerprint density at radius 2 is 2.06 bits per heavy atom. The normalized spacial score (nSPS) is 12.2. The van der Waals surface area contributed by atoms with Gasteiger partial charge in [-0.05, 0) is 37.5 Å². The van der Waals surface area contributed by atoms with Crippen LogP contribution in [0.25, 0.3) is 0 Å². The molecular weight excluding hydrogens is 266 g/mol. The quantitative estimate of drug-likeness (QED) is 0.846. The van der Waals surface area contributed by atoms with Gasteiger partial charge in [-0.2, -0.15) is 0 Å². The SMILES string of the molecule is Cc1ccc(CC(=O)NC(C)CBr)cc1C. The fourth-order valence-corrected chi connectivity index (χ4v) is 1.63. The lowest BCUT2D eigenvalue weighted by Crippen LogP contribution is -2.34. The average Bonchev–Trinajstić information content (AvgIpc) is 2.23. The Bertz CT molecular complexity index is 376. The van der Waals surface area contributed by atoms with Gasteiger partial charge in [0.25, 0.3) is 0 Å². The van der Waals surface area contributed by atoms with Crippen molar-refractivity contribution in [2.24, 2.45) is 0 Å². The Morgan fingerprint density at radius 1 is 1.38 bits per heavy atom. The minimum Gasteiger partial charge on any atom is -0.353 e. The highest BCUT2D eigenvalue weighted by atomic mass is 79.9. The highest BCUT2D eigenvalue weighted by Gasteiger charge is 2.07. The van der Waals surface area contributed by atoms with Gasteiger partial charge < -0.3 is 5.32 Å². The van der Waals surface area contributed by atoms with Crippen LogP contribution in [0.15, 0.2) is 18.2 Å². The molecule has 1 unspecified atom stereocenters. The molecule has 1 aromatic carbocycles. The second kappa shape index (κ2) is 6.04. The maximum atomic E-state index is 11.6. The molecule has 0 saturated heterocycles. The summed E-state index contributed by atoms with van der Waals surface area (Å²) in [7, 11) is 0. The number of alkyl halides is 1. The molecule has 0 aliphatic rings. The van der Waals surface area contributed by atoms with Gasteiger partial charge in [0, 0.05) is 11.4 Å². The summed E-state index contributed by atoms with van der Waals surface area (Å²) in [6.45, 7) is 6.12. The molecule has 0 radical (unpaired) electrons. The van der Waals surface area contributed by atoms with E-state index in [0.29, 0.717) is 6.42 Å². The van der Waals surface area contributed by atoms with Crippen molar-refractivity contribution in [2.75, 3.05) is 5.33 Å². The number of nitrogens with one attached hydrogen (secondary N) is 1. The summed E-state index contributed by atoms with van der Waals surface area (Å²) >= 11 is 3.34. The molecular formula is C13H18BrNO. The van der Waals surface area contributed by atoms with Crippen LogP contribution >= 0.6 is 15.9 Å². The molecule has 0 aliphatic heterocycles. The Morgan fingerprint density at radius 3 is 2.62 bits per heavy atom.